The van der Waals surface area contributed by atoms with Crippen LogP contribution in [0.1, 0.15) is 52.2 Å². The fraction of sp³-hybridized carbons (Fsp3) is 0.0495. The van der Waals surface area contributed by atoms with E-state index in [1.807, 2.05) is 193 Å². The molecule has 13 heteroatoms. The van der Waals surface area contributed by atoms with E-state index in [0.717, 1.165) is 78.9 Å². The van der Waals surface area contributed by atoms with E-state index in [9.17, 15) is 9.13 Å². The summed E-state index contributed by atoms with van der Waals surface area (Å²) >= 11 is 0. The minimum absolute atomic E-state index is 0. The third-order valence-electron chi connectivity index (χ3n) is 18.9. The molecule has 4 aromatic heterocycles. The summed E-state index contributed by atoms with van der Waals surface area (Å²) in [6.07, 6.45) is 12.2. The Morgan fingerprint density at radius 3 is 0.860 bits per heavy atom. The van der Waals surface area contributed by atoms with Gasteiger partial charge in [0.05, 0.1) is 23.8 Å². The molecule has 2 unspecified atom stereocenters. The number of hydrogen-bond donors (Lipinski definition) is 0. The number of aryl methyl sites for hydroxylation is 4. The molecule has 0 saturated carbocycles. The number of hydrogen-bond acceptors (Lipinski definition) is 10. The van der Waals surface area contributed by atoms with Gasteiger partial charge in [0.15, 0.2) is 23.0 Å². The molecule has 10 nitrogen and oxygen atoms in total. The third kappa shape index (κ3) is 19.6. The van der Waals surface area contributed by atoms with Crippen LogP contribution in [0.3, 0.4) is 0 Å². The SMILES string of the molecule is C.Cc1ccccc1/C=C/c1ccc(/C=C/c2ccccc2C)cc1.Cc1nc(-c2ccc(-c3nc(C)c(-c4ccccc4)o3)cc2)oc1-c1ccccc1.O=P[P+](=O)P.c1ccc(-c2c3ccccc3c(-c3ccccc3)c3ccccc23)cc1.c1ccc(-c2cnc(-c3ccc(-c4ncc(-c5ccccc5)o4)cc3)o2)cc1. The zero-order valence-corrected chi connectivity index (χ0v) is 65.6. The lowest BCUT2D eigenvalue weighted by molar-refractivity contribution is 0.586. The lowest BCUT2D eigenvalue weighted by Crippen LogP contribution is -1.90. The van der Waals surface area contributed by atoms with E-state index in [-0.39, 0.29) is 15.6 Å². The van der Waals surface area contributed by atoms with Crippen molar-refractivity contribution in [2.45, 2.75) is 35.1 Å². The largest absolute Gasteiger partial charge is 0.459 e. The molecule has 0 radical (unpaired) electrons. The predicted molar refractivity (Wildman–Crippen MR) is 477 cm³/mol. The predicted octanol–water partition coefficient (Wildman–Crippen LogP) is 29.7. The van der Waals surface area contributed by atoms with Crippen molar-refractivity contribution in [3.63, 3.8) is 0 Å². The Kier molecular flexibility index (Phi) is 26.5. The molecule has 4 heterocycles. The van der Waals surface area contributed by atoms with Gasteiger partial charge in [0.2, 0.25) is 23.6 Å². The van der Waals surface area contributed by atoms with Crippen LogP contribution in [0.25, 0.3) is 159 Å². The zero-order valence-electron chi connectivity index (χ0n) is 62.7. The van der Waals surface area contributed by atoms with Gasteiger partial charge in [0.1, 0.15) is 8.93 Å². The summed E-state index contributed by atoms with van der Waals surface area (Å²) in [7, 11) is 0.122. The molecule has 2 atom stereocenters. The highest BCUT2D eigenvalue weighted by Gasteiger charge is 2.19. The summed E-state index contributed by atoms with van der Waals surface area (Å²) in [4.78, 5) is 18.0. The maximum atomic E-state index is 9.60. The molecule has 18 aromatic rings. The molecule has 0 bridgehead atoms. The highest BCUT2D eigenvalue weighted by molar-refractivity contribution is 8.38. The Hall–Kier alpha value is -13.5. The first-order valence-electron chi connectivity index (χ1n) is 37.0. The number of fused-ring (bicyclic) bond motifs is 2. The standard InChI is InChI=1S/C26H20N2O2.C26H18.C24H16N2O2.C24H22.CH4.H2O2P3/c1-17-23(19-9-5-3-6-10-19)29-25(27-17)21-13-15-22(16-14-21)26-28-18(2)24(30-26)20-11-7-4-8-12-20;1-3-11-19(12-4-1)25-21-15-7-9-17-23(21)26(20-13-5-2-6-14-20)24-18-10-8-16-22(24)25;1-3-7-17(8-4-1)21-15-25-23(27-21)19-11-13-20(14-12-19)24-26-16-22(28-24)18-9-5-2-6-10-18;1-19-7-3-5-9-23(19)17-15-21-11-13-22(14-12-21)16-18-24-10-6-4-8-20(24)2;;1-4-5(2)3/h3-16H,1-2H3;1-18H;1-16H;3-18H,1-2H3;1H4;3H2/q;;;;;+1/b;;;17-15+,18-16+;;. The molecule has 18 rings (SSSR count). The van der Waals surface area contributed by atoms with Gasteiger partial charge in [0.25, 0.3) is 0 Å². The molecular weight excluding hydrogens is 1460 g/mol. The Morgan fingerprint density at radius 2 is 0.561 bits per heavy atom. The van der Waals surface area contributed by atoms with E-state index in [2.05, 4.69) is 240 Å². The fourth-order valence-corrected chi connectivity index (χ4v) is 13.2. The number of oxazole rings is 4. The minimum Gasteiger partial charge on any atom is -0.436 e. The van der Waals surface area contributed by atoms with Crippen LogP contribution in [0.2, 0.25) is 0 Å². The second kappa shape index (κ2) is 38.5. The zero-order chi connectivity index (χ0) is 77.7. The van der Waals surface area contributed by atoms with Crippen LogP contribution in [0.5, 0.6) is 0 Å². The van der Waals surface area contributed by atoms with Gasteiger partial charge in [-0.05, 0) is 153 Å². The monoisotopic (exact) mass is 1540 g/mol. The van der Waals surface area contributed by atoms with E-state index >= 15 is 0 Å². The number of rotatable bonds is 15. The van der Waals surface area contributed by atoms with Crippen molar-refractivity contribution in [2.75, 3.05) is 0 Å². The Morgan fingerprint density at radius 1 is 0.298 bits per heavy atom. The third-order valence-corrected chi connectivity index (χ3v) is 20.4. The fourth-order valence-electron chi connectivity index (χ4n) is 13.2. The first-order chi connectivity index (χ1) is 55.5. The molecule has 0 aliphatic carbocycles. The van der Waals surface area contributed by atoms with E-state index in [0.29, 0.717) is 23.6 Å². The van der Waals surface area contributed by atoms with Crippen LogP contribution in [-0.4, -0.2) is 19.9 Å². The van der Waals surface area contributed by atoms with Crippen molar-refractivity contribution < 1.29 is 26.8 Å². The molecule has 556 valence electrons. The molecule has 0 aliphatic heterocycles. The number of nitrogens with zero attached hydrogens (tertiary/aromatic N) is 4. The van der Waals surface area contributed by atoms with Gasteiger partial charge in [-0.15, -0.1) is 0 Å². The van der Waals surface area contributed by atoms with Gasteiger partial charge in [-0.25, -0.2) is 24.5 Å². The van der Waals surface area contributed by atoms with Gasteiger partial charge < -0.3 is 17.7 Å². The average molecular weight is 1540 g/mol. The minimum atomic E-state index is -1.51. The summed E-state index contributed by atoms with van der Waals surface area (Å²) in [6, 6.07) is 120. The normalized spacial score (nSPS) is 11.0. The van der Waals surface area contributed by atoms with Crippen molar-refractivity contribution in [2.24, 2.45) is 0 Å². The highest BCUT2D eigenvalue weighted by Crippen LogP contribution is 2.45. The van der Waals surface area contributed by atoms with Gasteiger partial charge in [0, 0.05) is 44.5 Å². The molecule has 0 aliphatic rings. The van der Waals surface area contributed by atoms with E-state index < -0.39 is 7.18 Å². The first kappa shape index (κ1) is 78.7. The van der Waals surface area contributed by atoms with Crippen molar-refractivity contribution in [3.8, 4) is 113 Å². The Bertz CT molecular complexity index is 5820. The second-order valence-electron chi connectivity index (χ2n) is 26.5. The van der Waals surface area contributed by atoms with Crippen molar-refractivity contribution in [1.29, 1.82) is 0 Å². The topological polar surface area (TPSA) is 138 Å². The van der Waals surface area contributed by atoms with E-state index in [1.54, 1.807) is 12.4 Å². The number of benzene rings is 14. The molecule has 0 N–H and O–H groups in total. The summed E-state index contributed by atoms with van der Waals surface area (Å²) in [5, 5.41) is 5.21. The van der Waals surface area contributed by atoms with Crippen LogP contribution >= 0.6 is 24.3 Å². The summed E-state index contributed by atoms with van der Waals surface area (Å²) in [6.45, 7) is 8.20. The number of aromatic nitrogens is 4. The van der Waals surface area contributed by atoms with Gasteiger partial charge in [-0.3, -0.25) is 0 Å². The van der Waals surface area contributed by atoms with Crippen LogP contribution in [-0.2, 0) is 9.13 Å². The summed E-state index contributed by atoms with van der Waals surface area (Å²) in [5.41, 5.74) is 22.1. The maximum Gasteiger partial charge on any atom is 0.459 e. The molecular formula is C101H82N4O6P3+. The molecule has 0 amide bonds. The molecule has 0 saturated heterocycles. The van der Waals surface area contributed by atoms with Gasteiger partial charge in [-0.2, -0.15) is 0 Å². The molecule has 0 spiro atoms. The van der Waals surface area contributed by atoms with Crippen LogP contribution in [0.4, 0.5) is 0 Å². The Labute approximate surface area is 670 Å². The van der Waals surface area contributed by atoms with Crippen LogP contribution in [0, 0.1) is 27.7 Å². The van der Waals surface area contributed by atoms with Gasteiger partial charge >= 0.3 is 15.3 Å². The maximum absolute atomic E-state index is 9.60. The van der Waals surface area contributed by atoms with E-state index in [1.165, 1.54) is 77.2 Å². The molecule has 0 fully saturated rings. The lowest BCUT2D eigenvalue weighted by Gasteiger charge is -2.17. The van der Waals surface area contributed by atoms with Crippen molar-refractivity contribution >= 4 is 70.1 Å². The van der Waals surface area contributed by atoms with Crippen LogP contribution in [0.15, 0.2) is 382 Å². The molecule has 14 aromatic carbocycles. The first-order valence-corrected chi connectivity index (χ1v) is 41.3. The summed E-state index contributed by atoms with van der Waals surface area (Å²) in [5.74, 6) is 5.47. The van der Waals surface area contributed by atoms with E-state index in [4.69, 9.17) is 17.7 Å². The van der Waals surface area contributed by atoms with Gasteiger partial charge in [-0.1, -0.05) is 340 Å². The van der Waals surface area contributed by atoms with Crippen molar-refractivity contribution in [3.05, 3.63) is 409 Å². The quantitative estimate of drug-likeness (QED) is 0.0554. The smallest absolute Gasteiger partial charge is 0.436 e. The lowest BCUT2D eigenvalue weighted by atomic mass is 9.86. The molecule has 114 heavy (non-hydrogen) atoms. The summed E-state index contributed by atoms with van der Waals surface area (Å²) < 4.78 is 42.8. The van der Waals surface area contributed by atoms with Crippen molar-refractivity contribution in [1.82, 2.24) is 19.9 Å². The second-order valence-corrected chi connectivity index (χ2v) is 31.7. The highest BCUT2D eigenvalue weighted by atomic mass is 32.4. The van der Waals surface area contributed by atoms with Crippen LogP contribution < -0.4 is 0 Å². The Balaban J connectivity index is 0.000000130. The average Bonchev–Trinajstić information content (AvgIpc) is 0.907.